The first-order valence-electron chi connectivity index (χ1n) is 8.57. The molecule has 4 rings (SSSR count). The van der Waals surface area contributed by atoms with E-state index in [2.05, 4.69) is 21.3 Å². The summed E-state index contributed by atoms with van der Waals surface area (Å²) in [6.07, 6.45) is -0.209. The van der Waals surface area contributed by atoms with E-state index in [4.69, 9.17) is 10.5 Å². The van der Waals surface area contributed by atoms with Gasteiger partial charge in [-0.25, -0.2) is 4.79 Å². The molecule has 8 heteroatoms. The van der Waals surface area contributed by atoms with Gasteiger partial charge in [-0.1, -0.05) is 0 Å². The van der Waals surface area contributed by atoms with Crippen molar-refractivity contribution in [1.29, 1.82) is 0 Å². The molecule has 0 saturated carbocycles. The van der Waals surface area contributed by atoms with Crippen LogP contribution >= 0.6 is 0 Å². The molecule has 0 aromatic heterocycles. The van der Waals surface area contributed by atoms with Crippen molar-refractivity contribution in [3.63, 3.8) is 0 Å². The predicted molar refractivity (Wildman–Crippen MR) is 104 cm³/mol. The van der Waals surface area contributed by atoms with Crippen molar-refractivity contribution in [3.05, 3.63) is 41.5 Å². The summed E-state index contributed by atoms with van der Waals surface area (Å²) in [4.78, 5) is 23.2. The van der Waals surface area contributed by atoms with Gasteiger partial charge in [0.15, 0.2) is 0 Å². The number of ether oxygens (including phenoxy) is 1. The molecule has 2 aromatic carbocycles. The molecule has 6 N–H and O–H groups in total. The second-order valence-electron chi connectivity index (χ2n) is 7.19. The molecule has 2 aliphatic heterocycles. The van der Waals surface area contributed by atoms with Gasteiger partial charge in [0.1, 0.15) is 11.9 Å². The normalized spacial score (nSPS) is 18.6. The zero-order valence-electron chi connectivity index (χ0n) is 15.3. The minimum Gasteiger partial charge on any atom is -0.496 e. The van der Waals surface area contributed by atoms with E-state index >= 15 is 0 Å². The molecule has 140 valence electrons. The zero-order chi connectivity index (χ0) is 19.3. The van der Waals surface area contributed by atoms with Crippen LogP contribution < -0.4 is 31.7 Å². The molecular formula is C19H21N5O3. The summed E-state index contributed by atoms with van der Waals surface area (Å²) in [5.41, 5.74) is 9.65. The summed E-state index contributed by atoms with van der Waals surface area (Å²) in [5, 5.41) is 12.3. The fourth-order valence-electron chi connectivity index (χ4n) is 3.53. The first kappa shape index (κ1) is 17.0. The van der Waals surface area contributed by atoms with Crippen LogP contribution in [0.4, 0.5) is 27.5 Å². The lowest BCUT2D eigenvalue weighted by Crippen LogP contribution is -2.26. The number of benzene rings is 2. The summed E-state index contributed by atoms with van der Waals surface area (Å²) in [5.74, 6) is 0.608. The smallest absolute Gasteiger partial charge is 0.316 e. The number of carbonyl (C=O) groups is 2. The minimum absolute atomic E-state index is 0.00284. The Hall–Kier alpha value is -3.42. The van der Waals surface area contributed by atoms with Gasteiger partial charge in [0.05, 0.1) is 23.9 Å². The molecule has 0 saturated heterocycles. The average Bonchev–Trinajstić information content (AvgIpc) is 3.11. The molecule has 1 atom stereocenters. The first-order chi connectivity index (χ1) is 12.8. The number of primary amides is 1. The van der Waals surface area contributed by atoms with Crippen molar-refractivity contribution in [2.75, 3.05) is 28.4 Å². The average molecular weight is 367 g/mol. The molecule has 1 unspecified atom stereocenters. The van der Waals surface area contributed by atoms with Crippen LogP contribution in [0.1, 0.15) is 31.1 Å². The number of methoxy groups -OCH3 is 1. The van der Waals surface area contributed by atoms with Gasteiger partial charge in [-0.3, -0.25) is 4.79 Å². The summed E-state index contributed by atoms with van der Waals surface area (Å²) in [6.45, 7) is 3.82. The number of carbonyl (C=O) groups excluding carboxylic acids is 2. The number of amides is 3. The minimum atomic E-state index is -0.631. The summed E-state index contributed by atoms with van der Waals surface area (Å²) >= 11 is 0. The van der Waals surface area contributed by atoms with Crippen LogP contribution in [0.3, 0.4) is 0 Å². The molecule has 0 radical (unpaired) electrons. The van der Waals surface area contributed by atoms with E-state index < -0.39 is 11.4 Å². The van der Waals surface area contributed by atoms with E-state index in [-0.39, 0.29) is 12.1 Å². The maximum atomic E-state index is 12.2. The van der Waals surface area contributed by atoms with Gasteiger partial charge in [0, 0.05) is 23.0 Å². The molecule has 0 bridgehead atoms. The van der Waals surface area contributed by atoms with Gasteiger partial charge in [0.25, 0.3) is 0 Å². The molecule has 2 aliphatic rings. The predicted octanol–water partition coefficient (Wildman–Crippen LogP) is 2.95. The molecule has 8 nitrogen and oxygen atoms in total. The number of nitrogens with one attached hydrogen (secondary N) is 4. The highest BCUT2D eigenvalue weighted by Gasteiger charge is 2.40. The Labute approximate surface area is 156 Å². The van der Waals surface area contributed by atoms with E-state index in [0.29, 0.717) is 11.4 Å². The summed E-state index contributed by atoms with van der Waals surface area (Å²) < 4.78 is 5.48. The van der Waals surface area contributed by atoms with Gasteiger partial charge in [-0.2, -0.15) is 0 Å². The van der Waals surface area contributed by atoms with Crippen LogP contribution in [0.5, 0.6) is 5.75 Å². The van der Waals surface area contributed by atoms with Crippen LogP contribution in [0.25, 0.3) is 0 Å². The van der Waals surface area contributed by atoms with Crippen molar-refractivity contribution in [2.45, 2.75) is 25.4 Å². The van der Waals surface area contributed by atoms with Gasteiger partial charge in [0.2, 0.25) is 5.91 Å². The van der Waals surface area contributed by atoms with E-state index in [1.807, 2.05) is 32.0 Å². The van der Waals surface area contributed by atoms with Crippen molar-refractivity contribution < 1.29 is 14.3 Å². The monoisotopic (exact) mass is 367 g/mol. The molecule has 0 spiro atoms. The number of hydrogen-bond donors (Lipinski definition) is 5. The molecule has 2 aromatic rings. The van der Waals surface area contributed by atoms with Crippen molar-refractivity contribution in [1.82, 2.24) is 0 Å². The maximum absolute atomic E-state index is 12.2. The van der Waals surface area contributed by atoms with E-state index in [1.165, 1.54) is 0 Å². The number of hydrogen-bond acceptors (Lipinski definition) is 5. The van der Waals surface area contributed by atoms with Gasteiger partial charge >= 0.3 is 6.03 Å². The second-order valence-corrected chi connectivity index (χ2v) is 7.19. The summed E-state index contributed by atoms with van der Waals surface area (Å²) in [7, 11) is 1.57. The van der Waals surface area contributed by atoms with Crippen molar-refractivity contribution in [3.8, 4) is 5.75 Å². The fourth-order valence-corrected chi connectivity index (χ4v) is 3.53. The molecule has 3 amide bonds. The second kappa shape index (κ2) is 5.80. The third-order valence-corrected chi connectivity index (χ3v) is 5.06. The largest absolute Gasteiger partial charge is 0.496 e. The SMILES string of the molecule is COc1cc(NC(N)=O)ccc1C1Nc2cc3c(cc2N1)C(C)(C)C(=O)N3. The van der Waals surface area contributed by atoms with Crippen molar-refractivity contribution >= 4 is 34.7 Å². The molecule has 27 heavy (non-hydrogen) atoms. The summed E-state index contributed by atoms with van der Waals surface area (Å²) in [6, 6.07) is 8.66. The lowest BCUT2D eigenvalue weighted by Gasteiger charge is -2.18. The van der Waals surface area contributed by atoms with Crippen LogP contribution in [-0.2, 0) is 10.2 Å². The standard InChI is InChI=1S/C19H21N5O3/c1-19(2)11-7-13-14(8-12(11)24-17(19)25)23-16(22-13)10-5-4-9(21-18(20)26)6-15(10)27-3/h4-8,16,22-23H,1-3H3,(H,24,25)(H3,20,21,26). The number of rotatable bonds is 3. The van der Waals surface area contributed by atoms with Gasteiger partial charge in [-0.05, 0) is 43.7 Å². The van der Waals surface area contributed by atoms with Gasteiger partial charge < -0.3 is 31.7 Å². The van der Waals surface area contributed by atoms with Crippen LogP contribution in [0.15, 0.2) is 30.3 Å². The first-order valence-corrected chi connectivity index (χ1v) is 8.57. The highest BCUT2D eigenvalue weighted by atomic mass is 16.5. The van der Waals surface area contributed by atoms with Crippen LogP contribution in [0, 0.1) is 0 Å². The van der Waals surface area contributed by atoms with Crippen molar-refractivity contribution in [2.24, 2.45) is 5.73 Å². The zero-order valence-corrected chi connectivity index (χ0v) is 15.3. The Morgan fingerprint density at radius 3 is 2.52 bits per heavy atom. The van der Waals surface area contributed by atoms with E-state index in [0.717, 1.165) is 28.2 Å². The maximum Gasteiger partial charge on any atom is 0.316 e. The Balaban J connectivity index is 1.64. The lowest BCUT2D eigenvalue weighted by molar-refractivity contribution is -0.119. The molecule has 0 fully saturated rings. The third-order valence-electron chi connectivity index (χ3n) is 5.06. The molecule has 2 heterocycles. The fraction of sp³-hybridized carbons (Fsp3) is 0.263. The Morgan fingerprint density at radius 2 is 1.85 bits per heavy atom. The Morgan fingerprint density at radius 1 is 1.15 bits per heavy atom. The Bertz CT molecular complexity index is 970. The highest BCUT2D eigenvalue weighted by molar-refractivity contribution is 6.07. The molecular weight excluding hydrogens is 346 g/mol. The number of urea groups is 1. The molecule has 0 aliphatic carbocycles. The number of fused-ring (bicyclic) bond motifs is 2. The number of nitrogens with two attached hydrogens (primary N) is 1. The lowest BCUT2D eigenvalue weighted by atomic mass is 9.86. The van der Waals surface area contributed by atoms with E-state index in [9.17, 15) is 9.59 Å². The van der Waals surface area contributed by atoms with E-state index in [1.54, 1.807) is 19.2 Å². The Kier molecular flexibility index (Phi) is 3.66. The van der Waals surface area contributed by atoms with Crippen LogP contribution in [0.2, 0.25) is 0 Å². The quantitative estimate of drug-likeness (QED) is 0.572. The topological polar surface area (TPSA) is 118 Å². The highest BCUT2D eigenvalue weighted by Crippen LogP contribution is 2.46. The number of anilines is 4. The van der Waals surface area contributed by atoms with Gasteiger partial charge in [-0.15, -0.1) is 0 Å². The van der Waals surface area contributed by atoms with Crippen LogP contribution in [-0.4, -0.2) is 19.0 Å². The third kappa shape index (κ3) is 2.69.